The summed E-state index contributed by atoms with van der Waals surface area (Å²) in [7, 11) is 0. The van der Waals surface area contributed by atoms with Crippen molar-refractivity contribution in [3.05, 3.63) is 0 Å². The van der Waals surface area contributed by atoms with E-state index in [0.29, 0.717) is 19.1 Å². The largest absolute Gasteiger partial charge is 0.394 e. The first-order chi connectivity index (χ1) is 10.3. The first-order valence-corrected chi connectivity index (χ1v) is 8.51. The highest BCUT2D eigenvalue weighted by atomic mass is 16.5. The van der Waals surface area contributed by atoms with E-state index in [4.69, 9.17) is 9.84 Å². The van der Waals surface area contributed by atoms with E-state index >= 15 is 0 Å². The number of piperidine rings is 1. The number of hydrogen-bond donors (Lipinski definition) is 1. The average Bonchev–Trinajstić information content (AvgIpc) is 2.81. The molecule has 5 heteroatoms. The summed E-state index contributed by atoms with van der Waals surface area (Å²) < 4.78 is 5.30. The van der Waals surface area contributed by atoms with E-state index < -0.39 is 0 Å². The second-order valence-corrected chi connectivity index (χ2v) is 6.19. The van der Waals surface area contributed by atoms with Crippen molar-refractivity contribution in [3.63, 3.8) is 0 Å². The molecule has 2 heterocycles. The molecule has 2 saturated heterocycles. The van der Waals surface area contributed by atoms with Crippen LogP contribution in [0.3, 0.4) is 0 Å². The van der Waals surface area contributed by atoms with Crippen LogP contribution >= 0.6 is 0 Å². The standard InChI is InChI=1S/C16H30N2O3/c19-12-14-21-13-11-17-9-5-15(6-10-17)16(20)18-7-3-1-2-4-8-18/h15,19H,1-14H2. The maximum Gasteiger partial charge on any atom is 0.225 e. The van der Waals surface area contributed by atoms with Crippen molar-refractivity contribution in [2.75, 3.05) is 52.5 Å². The van der Waals surface area contributed by atoms with Gasteiger partial charge in [-0.3, -0.25) is 4.79 Å². The molecule has 0 aliphatic carbocycles. The van der Waals surface area contributed by atoms with E-state index in [9.17, 15) is 4.79 Å². The van der Waals surface area contributed by atoms with Gasteiger partial charge in [0.15, 0.2) is 0 Å². The van der Waals surface area contributed by atoms with Crippen LogP contribution in [0.4, 0.5) is 0 Å². The molecule has 2 rings (SSSR count). The first-order valence-electron chi connectivity index (χ1n) is 8.51. The highest BCUT2D eigenvalue weighted by Gasteiger charge is 2.28. The van der Waals surface area contributed by atoms with Crippen molar-refractivity contribution in [1.82, 2.24) is 9.80 Å². The summed E-state index contributed by atoms with van der Waals surface area (Å²) in [5.74, 6) is 0.630. The van der Waals surface area contributed by atoms with Gasteiger partial charge in [-0.25, -0.2) is 0 Å². The summed E-state index contributed by atoms with van der Waals surface area (Å²) >= 11 is 0. The van der Waals surface area contributed by atoms with Crippen LogP contribution in [0.2, 0.25) is 0 Å². The minimum atomic E-state index is 0.0897. The Morgan fingerprint density at radius 2 is 1.67 bits per heavy atom. The predicted molar refractivity (Wildman–Crippen MR) is 82.1 cm³/mol. The fraction of sp³-hybridized carbons (Fsp3) is 0.938. The number of nitrogens with zero attached hydrogens (tertiary/aromatic N) is 2. The monoisotopic (exact) mass is 298 g/mol. The Hall–Kier alpha value is -0.650. The van der Waals surface area contributed by atoms with Crippen LogP contribution in [-0.2, 0) is 9.53 Å². The second kappa shape index (κ2) is 9.38. The molecule has 0 radical (unpaired) electrons. The third-order valence-electron chi connectivity index (χ3n) is 4.64. The zero-order chi connectivity index (χ0) is 14.9. The van der Waals surface area contributed by atoms with Crippen LogP contribution in [0.5, 0.6) is 0 Å². The third kappa shape index (κ3) is 5.57. The van der Waals surface area contributed by atoms with Gasteiger partial charge in [0, 0.05) is 25.6 Å². The normalized spacial score (nSPS) is 22.2. The van der Waals surface area contributed by atoms with E-state index in [-0.39, 0.29) is 12.5 Å². The van der Waals surface area contributed by atoms with Crippen molar-refractivity contribution in [2.45, 2.75) is 38.5 Å². The number of rotatable bonds is 6. The Labute approximate surface area is 128 Å². The molecule has 1 amide bonds. The van der Waals surface area contributed by atoms with E-state index in [2.05, 4.69) is 9.80 Å². The molecule has 2 aliphatic heterocycles. The maximum absolute atomic E-state index is 12.6. The molecule has 0 unspecified atom stereocenters. The molecule has 0 bridgehead atoms. The molecular weight excluding hydrogens is 268 g/mol. The van der Waals surface area contributed by atoms with Gasteiger partial charge in [0.2, 0.25) is 5.91 Å². The highest BCUT2D eigenvalue weighted by Crippen LogP contribution is 2.21. The molecule has 122 valence electrons. The van der Waals surface area contributed by atoms with Gasteiger partial charge in [-0.2, -0.15) is 0 Å². The maximum atomic E-state index is 12.6. The second-order valence-electron chi connectivity index (χ2n) is 6.19. The molecule has 0 atom stereocenters. The molecule has 2 aliphatic rings. The van der Waals surface area contributed by atoms with Gasteiger partial charge in [-0.1, -0.05) is 12.8 Å². The average molecular weight is 298 g/mol. The van der Waals surface area contributed by atoms with Crippen molar-refractivity contribution < 1.29 is 14.6 Å². The summed E-state index contributed by atoms with van der Waals surface area (Å²) in [4.78, 5) is 17.0. The number of aliphatic hydroxyl groups excluding tert-OH is 1. The van der Waals surface area contributed by atoms with E-state index in [0.717, 1.165) is 45.6 Å². The fourth-order valence-electron chi connectivity index (χ4n) is 3.31. The number of likely N-dealkylation sites (tertiary alicyclic amines) is 2. The Kier molecular flexibility index (Phi) is 7.47. The molecular formula is C16H30N2O3. The number of carbonyl (C=O) groups excluding carboxylic acids is 1. The lowest BCUT2D eigenvalue weighted by atomic mass is 9.95. The van der Waals surface area contributed by atoms with Crippen LogP contribution < -0.4 is 0 Å². The highest BCUT2D eigenvalue weighted by molar-refractivity contribution is 5.79. The van der Waals surface area contributed by atoms with Crippen LogP contribution in [0, 0.1) is 5.92 Å². The molecule has 0 spiro atoms. The van der Waals surface area contributed by atoms with Gasteiger partial charge in [0.05, 0.1) is 19.8 Å². The molecule has 1 N–H and O–H groups in total. The molecule has 5 nitrogen and oxygen atoms in total. The molecule has 2 fully saturated rings. The summed E-state index contributed by atoms with van der Waals surface area (Å²) in [6.07, 6.45) is 6.86. The van der Waals surface area contributed by atoms with Crippen LogP contribution in [0.15, 0.2) is 0 Å². The van der Waals surface area contributed by atoms with E-state index in [1.807, 2.05) is 0 Å². The SMILES string of the molecule is O=C(C1CCN(CCOCCO)CC1)N1CCCCCC1. The van der Waals surface area contributed by atoms with Crippen molar-refractivity contribution in [2.24, 2.45) is 5.92 Å². The van der Waals surface area contributed by atoms with Gasteiger partial charge < -0.3 is 19.6 Å². The Balaban J connectivity index is 1.66. The fourth-order valence-corrected chi connectivity index (χ4v) is 3.31. The summed E-state index contributed by atoms with van der Waals surface area (Å²) in [5, 5.41) is 8.66. The van der Waals surface area contributed by atoms with Gasteiger partial charge in [0.25, 0.3) is 0 Å². The number of ether oxygens (including phenoxy) is 1. The minimum Gasteiger partial charge on any atom is -0.394 e. The quantitative estimate of drug-likeness (QED) is 0.746. The summed E-state index contributed by atoms with van der Waals surface area (Å²) in [6.45, 7) is 6.01. The smallest absolute Gasteiger partial charge is 0.225 e. The minimum absolute atomic E-state index is 0.0897. The molecule has 0 aromatic rings. The Morgan fingerprint density at radius 3 is 2.29 bits per heavy atom. The number of hydrogen-bond acceptors (Lipinski definition) is 4. The summed E-state index contributed by atoms with van der Waals surface area (Å²) in [6, 6.07) is 0. The van der Waals surface area contributed by atoms with Crippen molar-refractivity contribution in [1.29, 1.82) is 0 Å². The summed E-state index contributed by atoms with van der Waals surface area (Å²) in [5.41, 5.74) is 0. The van der Waals surface area contributed by atoms with Gasteiger partial charge in [-0.05, 0) is 38.8 Å². The third-order valence-corrected chi connectivity index (χ3v) is 4.64. The van der Waals surface area contributed by atoms with Crippen LogP contribution in [0.1, 0.15) is 38.5 Å². The molecule has 0 aromatic heterocycles. The van der Waals surface area contributed by atoms with E-state index in [1.54, 1.807) is 0 Å². The van der Waals surface area contributed by atoms with Crippen LogP contribution in [-0.4, -0.2) is 73.4 Å². The lowest BCUT2D eigenvalue weighted by Crippen LogP contribution is -2.43. The lowest BCUT2D eigenvalue weighted by molar-refractivity contribution is -0.137. The zero-order valence-electron chi connectivity index (χ0n) is 13.1. The number of carbonyl (C=O) groups is 1. The van der Waals surface area contributed by atoms with Crippen molar-refractivity contribution >= 4 is 5.91 Å². The topological polar surface area (TPSA) is 53.0 Å². The lowest BCUT2D eigenvalue weighted by Gasteiger charge is -2.33. The Bertz CT molecular complexity index is 296. The van der Waals surface area contributed by atoms with Gasteiger partial charge in [-0.15, -0.1) is 0 Å². The van der Waals surface area contributed by atoms with E-state index in [1.165, 1.54) is 25.7 Å². The predicted octanol–water partition coefficient (Wildman–Crippen LogP) is 1.11. The Morgan fingerprint density at radius 1 is 1.00 bits per heavy atom. The first kappa shape index (κ1) is 16.7. The molecule has 21 heavy (non-hydrogen) atoms. The number of aliphatic hydroxyl groups is 1. The molecule has 0 saturated carbocycles. The van der Waals surface area contributed by atoms with Gasteiger partial charge in [0.1, 0.15) is 0 Å². The number of amides is 1. The van der Waals surface area contributed by atoms with Crippen molar-refractivity contribution in [3.8, 4) is 0 Å². The van der Waals surface area contributed by atoms with Gasteiger partial charge >= 0.3 is 0 Å². The molecule has 0 aromatic carbocycles. The van der Waals surface area contributed by atoms with Crippen LogP contribution in [0.25, 0.3) is 0 Å². The zero-order valence-corrected chi connectivity index (χ0v) is 13.1.